The van der Waals surface area contributed by atoms with Crippen LogP contribution in [0, 0.1) is 0 Å². The molecule has 0 radical (unpaired) electrons. The maximum Gasteiger partial charge on any atom is 0.307 e. The first kappa shape index (κ1) is 18.8. The smallest absolute Gasteiger partial charge is 0.307 e. The maximum absolute atomic E-state index is 12.8. The normalized spacial score (nSPS) is 12.4. The zero-order valence-corrected chi connectivity index (χ0v) is 15.3. The van der Waals surface area contributed by atoms with Crippen LogP contribution in [0.1, 0.15) is 22.7 Å². The topological polar surface area (TPSA) is 83.5 Å². The minimum atomic E-state index is -3.73. The molecule has 0 aliphatic rings. The molecule has 27 heavy (non-hydrogen) atoms. The third-order valence-corrected chi connectivity index (χ3v) is 5.57. The summed E-state index contributed by atoms with van der Waals surface area (Å²) in [7, 11) is -3.73. The zero-order valence-electron chi connectivity index (χ0n) is 14.4. The van der Waals surface area contributed by atoms with Crippen LogP contribution in [0.25, 0.3) is 0 Å². The quantitative estimate of drug-likeness (QED) is 0.657. The molecule has 1 atom stereocenters. The summed E-state index contributed by atoms with van der Waals surface area (Å²) >= 11 is 0. The maximum atomic E-state index is 12.8. The van der Waals surface area contributed by atoms with E-state index in [-0.39, 0.29) is 11.3 Å². The van der Waals surface area contributed by atoms with Gasteiger partial charge in [-0.2, -0.15) is 4.72 Å². The largest absolute Gasteiger partial charge is 0.481 e. The van der Waals surface area contributed by atoms with Crippen LogP contribution < -0.4 is 4.72 Å². The van der Waals surface area contributed by atoms with Gasteiger partial charge in [-0.1, -0.05) is 72.8 Å². The summed E-state index contributed by atoms with van der Waals surface area (Å²) in [5.74, 6) is -0.910. The monoisotopic (exact) mass is 381 g/mol. The van der Waals surface area contributed by atoms with E-state index in [0.717, 1.165) is 11.1 Å². The Hall–Kier alpha value is -2.96. The number of hydrogen-bond acceptors (Lipinski definition) is 3. The van der Waals surface area contributed by atoms with Crippen molar-refractivity contribution in [3.05, 3.63) is 102 Å². The molecule has 0 bridgehead atoms. The van der Waals surface area contributed by atoms with Gasteiger partial charge >= 0.3 is 5.97 Å². The first-order chi connectivity index (χ1) is 13.0. The van der Waals surface area contributed by atoms with Gasteiger partial charge in [-0.05, 0) is 28.8 Å². The molecule has 0 amide bonds. The number of sulfonamides is 1. The Morgan fingerprint density at radius 1 is 0.815 bits per heavy atom. The van der Waals surface area contributed by atoms with Crippen molar-refractivity contribution in [1.29, 1.82) is 0 Å². The van der Waals surface area contributed by atoms with Gasteiger partial charge in [0.25, 0.3) is 0 Å². The number of aliphatic carboxylic acids is 1. The fraction of sp³-hybridized carbons (Fsp3) is 0.0952. The van der Waals surface area contributed by atoms with Crippen LogP contribution in [0.15, 0.2) is 89.8 Å². The lowest BCUT2D eigenvalue weighted by Crippen LogP contribution is -2.29. The Kier molecular flexibility index (Phi) is 5.69. The molecule has 0 aliphatic carbocycles. The molecular weight excluding hydrogens is 362 g/mol. The van der Waals surface area contributed by atoms with E-state index in [4.69, 9.17) is 5.11 Å². The van der Waals surface area contributed by atoms with Crippen LogP contribution in [0.4, 0.5) is 0 Å². The van der Waals surface area contributed by atoms with Crippen molar-refractivity contribution in [3.8, 4) is 0 Å². The highest BCUT2D eigenvalue weighted by atomic mass is 32.2. The highest BCUT2D eigenvalue weighted by Gasteiger charge is 2.22. The second-order valence-corrected chi connectivity index (χ2v) is 7.80. The molecule has 0 spiro atoms. The van der Waals surface area contributed by atoms with Crippen LogP contribution in [0.5, 0.6) is 0 Å². The molecule has 0 saturated carbocycles. The standard InChI is InChI=1S/C21H19NO4S/c23-20(24)15-16-11-13-18(14-12-16)21(17-7-3-1-4-8-17)22-27(25,26)19-9-5-2-6-10-19/h1-14,21-22H,15H2,(H,23,24). The molecule has 0 aliphatic heterocycles. The number of carboxylic acid groups (broad SMARTS) is 1. The molecule has 3 rings (SSSR count). The molecular formula is C21H19NO4S. The third kappa shape index (κ3) is 4.81. The SMILES string of the molecule is O=C(O)Cc1ccc(C(NS(=O)(=O)c2ccccc2)c2ccccc2)cc1. The van der Waals surface area contributed by atoms with Crippen molar-refractivity contribution in [2.75, 3.05) is 0 Å². The highest BCUT2D eigenvalue weighted by Crippen LogP contribution is 2.25. The Morgan fingerprint density at radius 2 is 1.33 bits per heavy atom. The van der Waals surface area contributed by atoms with E-state index in [0.29, 0.717) is 5.56 Å². The van der Waals surface area contributed by atoms with E-state index in [2.05, 4.69) is 4.72 Å². The van der Waals surface area contributed by atoms with Gasteiger partial charge in [-0.3, -0.25) is 4.79 Å². The van der Waals surface area contributed by atoms with E-state index in [9.17, 15) is 13.2 Å². The predicted molar refractivity (Wildman–Crippen MR) is 103 cm³/mol. The first-order valence-electron chi connectivity index (χ1n) is 8.39. The van der Waals surface area contributed by atoms with Crippen molar-refractivity contribution in [3.63, 3.8) is 0 Å². The van der Waals surface area contributed by atoms with E-state index in [1.807, 2.05) is 30.3 Å². The van der Waals surface area contributed by atoms with Gasteiger partial charge in [0, 0.05) is 0 Å². The number of benzene rings is 3. The van der Waals surface area contributed by atoms with Crippen molar-refractivity contribution in [1.82, 2.24) is 4.72 Å². The number of nitrogens with one attached hydrogen (secondary N) is 1. The van der Waals surface area contributed by atoms with E-state index < -0.39 is 22.0 Å². The van der Waals surface area contributed by atoms with Gasteiger partial charge in [-0.25, -0.2) is 8.42 Å². The summed E-state index contributed by atoms with van der Waals surface area (Å²) in [6.45, 7) is 0. The van der Waals surface area contributed by atoms with Crippen LogP contribution in [-0.2, 0) is 21.2 Å². The van der Waals surface area contributed by atoms with Crippen molar-refractivity contribution in [2.45, 2.75) is 17.4 Å². The fourth-order valence-corrected chi connectivity index (χ4v) is 4.03. The lowest BCUT2D eigenvalue weighted by Gasteiger charge is -2.20. The average molecular weight is 381 g/mol. The molecule has 5 nitrogen and oxygen atoms in total. The van der Waals surface area contributed by atoms with Crippen molar-refractivity contribution < 1.29 is 18.3 Å². The highest BCUT2D eigenvalue weighted by molar-refractivity contribution is 7.89. The molecule has 6 heteroatoms. The second kappa shape index (κ2) is 8.16. The number of hydrogen-bond donors (Lipinski definition) is 2. The molecule has 0 aromatic heterocycles. The summed E-state index contributed by atoms with van der Waals surface area (Å²) in [5.41, 5.74) is 2.18. The molecule has 3 aromatic rings. The van der Waals surface area contributed by atoms with Crippen LogP contribution >= 0.6 is 0 Å². The average Bonchev–Trinajstić information content (AvgIpc) is 2.68. The first-order valence-corrected chi connectivity index (χ1v) is 9.87. The second-order valence-electron chi connectivity index (χ2n) is 6.09. The molecule has 0 fully saturated rings. The Labute approximate surface area is 158 Å². The fourth-order valence-electron chi connectivity index (χ4n) is 2.80. The summed E-state index contributed by atoms with van der Waals surface area (Å²) in [5, 5.41) is 8.91. The van der Waals surface area contributed by atoms with Gasteiger partial charge < -0.3 is 5.11 Å². The number of carbonyl (C=O) groups is 1. The molecule has 138 valence electrons. The molecule has 1 unspecified atom stereocenters. The summed E-state index contributed by atoms with van der Waals surface area (Å²) < 4.78 is 28.4. The van der Waals surface area contributed by atoms with Crippen molar-refractivity contribution >= 4 is 16.0 Å². The summed E-state index contributed by atoms with van der Waals surface area (Å²) in [4.78, 5) is 11.1. The van der Waals surface area contributed by atoms with Crippen LogP contribution in [0.2, 0.25) is 0 Å². The molecule has 2 N–H and O–H groups in total. The lowest BCUT2D eigenvalue weighted by molar-refractivity contribution is -0.136. The number of rotatable bonds is 7. The van der Waals surface area contributed by atoms with Crippen LogP contribution in [-0.4, -0.2) is 19.5 Å². The summed E-state index contributed by atoms with van der Waals surface area (Å²) in [6, 6.07) is 23.8. The van der Waals surface area contributed by atoms with Gasteiger partial charge in [0.05, 0.1) is 17.4 Å². The Balaban J connectivity index is 1.96. The minimum absolute atomic E-state index is 0.0774. The molecule has 3 aromatic carbocycles. The van der Waals surface area contributed by atoms with Crippen LogP contribution in [0.3, 0.4) is 0 Å². The Morgan fingerprint density at radius 3 is 1.89 bits per heavy atom. The summed E-state index contributed by atoms with van der Waals surface area (Å²) in [6.07, 6.45) is -0.0774. The molecule has 0 heterocycles. The lowest BCUT2D eigenvalue weighted by atomic mass is 9.98. The van der Waals surface area contributed by atoms with Crippen molar-refractivity contribution in [2.24, 2.45) is 0 Å². The van der Waals surface area contributed by atoms with Gasteiger partial charge in [0.2, 0.25) is 10.0 Å². The van der Waals surface area contributed by atoms with Gasteiger partial charge in [-0.15, -0.1) is 0 Å². The zero-order chi connectivity index (χ0) is 19.3. The molecule has 0 saturated heterocycles. The third-order valence-electron chi connectivity index (χ3n) is 4.13. The van der Waals surface area contributed by atoms with Gasteiger partial charge in [0.1, 0.15) is 0 Å². The van der Waals surface area contributed by atoms with E-state index >= 15 is 0 Å². The van der Waals surface area contributed by atoms with Gasteiger partial charge in [0.15, 0.2) is 0 Å². The van der Waals surface area contributed by atoms with E-state index in [1.54, 1.807) is 54.6 Å². The number of carboxylic acids is 1. The Bertz CT molecular complexity index is 1000. The minimum Gasteiger partial charge on any atom is -0.481 e. The predicted octanol–water partition coefficient (Wildman–Crippen LogP) is 3.38. The van der Waals surface area contributed by atoms with E-state index in [1.165, 1.54) is 0 Å².